The van der Waals surface area contributed by atoms with E-state index in [0.29, 0.717) is 39.3 Å². The van der Waals surface area contributed by atoms with E-state index >= 15 is 0 Å². The van der Waals surface area contributed by atoms with Gasteiger partial charge in [0, 0.05) is 22.2 Å². The van der Waals surface area contributed by atoms with E-state index in [9.17, 15) is 14.0 Å². The van der Waals surface area contributed by atoms with Gasteiger partial charge < -0.3 is 9.73 Å². The predicted octanol–water partition coefficient (Wildman–Crippen LogP) is 4.04. The van der Waals surface area contributed by atoms with E-state index < -0.39 is 17.4 Å². The Morgan fingerprint density at radius 3 is 2.64 bits per heavy atom. The number of H-pyrrole nitrogens is 1. The Balaban J connectivity index is 1.81. The smallest absolute Gasteiger partial charge is 0.342 e. The first-order chi connectivity index (χ1) is 13.5. The Labute approximate surface area is 158 Å². The number of hydrogen-bond donors (Lipinski definition) is 2. The lowest BCUT2D eigenvalue weighted by atomic mass is 9.82. The van der Waals surface area contributed by atoms with Crippen LogP contribution in [0.1, 0.15) is 33.1 Å². The van der Waals surface area contributed by atoms with Crippen LogP contribution in [0.4, 0.5) is 15.9 Å². The number of aryl methyl sites for hydroxylation is 1. The highest BCUT2D eigenvalue weighted by atomic mass is 19.1. The van der Waals surface area contributed by atoms with E-state index in [1.807, 2.05) is 12.1 Å². The normalized spacial score (nSPS) is 15.0. The van der Waals surface area contributed by atoms with E-state index in [1.165, 1.54) is 24.3 Å². The first kappa shape index (κ1) is 16.4. The van der Waals surface area contributed by atoms with Crippen molar-refractivity contribution in [3.63, 3.8) is 0 Å². The second kappa shape index (κ2) is 5.88. The van der Waals surface area contributed by atoms with Crippen LogP contribution in [0, 0.1) is 12.7 Å². The molecule has 4 aromatic rings. The number of carbonyl (C=O) groups is 1. The zero-order valence-electron chi connectivity index (χ0n) is 14.7. The van der Waals surface area contributed by atoms with E-state index in [2.05, 4.69) is 15.5 Å². The third-order valence-electron chi connectivity index (χ3n) is 5.05. The van der Waals surface area contributed by atoms with Gasteiger partial charge in [-0.25, -0.2) is 9.18 Å². The number of fused-ring (bicyclic) bond motifs is 4. The maximum atomic E-state index is 13.4. The number of ketones is 1. The lowest BCUT2D eigenvalue weighted by Crippen LogP contribution is -2.27. The molecule has 1 atom stereocenters. The molecular weight excluding hydrogens is 361 g/mol. The number of rotatable bonds is 2. The molecule has 6 nitrogen and oxygen atoms in total. The third kappa shape index (κ3) is 2.29. The van der Waals surface area contributed by atoms with Crippen LogP contribution in [0.5, 0.6) is 0 Å². The number of aromatic nitrogens is 2. The average Bonchev–Trinajstić information content (AvgIpc) is 3.07. The molecule has 138 valence electrons. The molecule has 0 spiro atoms. The summed E-state index contributed by atoms with van der Waals surface area (Å²) in [4.78, 5) is 26.3. The number of nitrogens with zero attached hydrogens (tertiary/aromatic N) is 1. The lowest BCUT2D eigenvalue weighted by Gasteiger charge is -2.25. The number of halogens is 1. The molecule has 0 aliphatic carbocycles. The highest BCUT2D eigenvalue weighted by Gasteiger charge is 2.38. The number of anilines is 2. The summed E-state index contributed by atoms with van der Waals surface area (Å²) in [6.07, 6.45) is 0. The minimum atomic E-state index is -0.906. The highest BCUT2D eigenvalue weighted by Crippen LogP contribution is 2.44. The number of nitrogens with one attached hydrogen (secondary N) is 2. The molecule has 28 heavy (non-hydrogen) atoms. The van der Waals surface area contributed by atoms with Crippen LogP contribution in [-0.2, 0) is 0 Å². The Morgan fingerprint density at radius 2 is 1.86 bits per heavy atom. The molecule has 2 aromatic carbocycles. The molecule has 0 amide bonds. The van der Waals surface area contributed by atoms with Gasteiger partial charge in [-0.1, -0.05) is 12.1 Å². The number of aromatic amines is 1. The van der Waals surface area contributed by atoms with Gasteiger partial charge >= 0.3 is 5.63 Å². The fourth-order valence-corrected chi connectivity index (χ4v) is 3.75. The lowest BCUT2D eigenvalue weighted by molar-refractivity contribution is 0.0972. The van der Waals surface area contributed by atoms with Crippen molar-refractivity contribution in [2.24, 2.45) is 0 Å². The van der Waals surface area contributed by atoms with E-state index in [4.69, 9.17) is 4.42 Å². The molecule has 5 rings (SSSR count). The van der Waals surface area contributed by atoms with Crippen molar-refractivity contribution in [2.45, 2.75) is 12.8 Å². The quantitative estimate of drug-likeness (QED) is 0.408. The van der Waals surface area contributed by atoms with Crippen molar-refractivity contribution in [2.75, 3.05) is 5.32 Å². The van der Waals surface area contributed by atoms with Crippen LogP contribution in [0.3, 0.4) is 0 Å². The molecule has 0 bridgehead atoms. The molecule has 0 saturated carbocycles. The van der Waals surface area contributed by atoms with Gasteiger partial charge in [0.2, 0.25) is 0 Å². The SMILES string of the molecule is Cc1[nH]nc2c1C(C(=O)c1ccc(F)cc1)c1c(c3ccccc3oc1=O)N2. The topological polar surface area (TPSA) is 88.0 Å². The number of para-hydroxylation sites is 1. The standard InChI is InChI=1S/C21H14FN3O3/c1-10-15-16(19(26)11-6-8-12(22)9-7-11)17-18(23-20(15)25-24-10)13-4-2-3-5-14(13)28-21(17)27/h2-9,16H,1H3,(H2,23,24,25). The number of hydrogen-bond acceptors (Lipinski definition) is 5. The molecule has 2 aromatic heterocycles. The highest BCUT2D eigenvalue weighted by molar-refractivity contribution is 6.08. The third-order valence-corrected chi connectivity index (χ3v) is 5.05. The van der Waals surface area contributed by atoms with Crippen LogP contribution < -0.4 is 10.9 Å². The second-order valence-electron chi connectivity index (χ2n) is 6.71. The maximum Gasteiger partial charge on any atom is 0.342 e. The van der Waals surface area contributed by atoms with Gasteiger partial charge in [0.05, 0.1) is 17.2 Å². The van der Waals surface area contributed by atoms with E-state index in [1.54, 1.807) is 19.1 Å². The molecule has 1 aliphatic heterocycles. The van der Waals surface area contributed by atoms with Crippen molar-refractivity contribution >= 4 is 28.3 Å². The Bertz CT molecular complexity index is 1300. The first-order valence-corrected chi connectivity index (χ1v) is 8.72. The Kier molecular flexibility index (Phi) is 3.45. The first-order valence-electron chi connectivity index (χ1n) is 8.72. The Morgan fingerprint density at radius 1 is 1.11 bits per heavy atom. The number of carbonyl (C=O) groups excluding carboxylic acids is 1. The van der Waals surface area contributed by atoms with E-state index in [-0.39, 0.29) is 11.3 Å². The molecule has 1 unspecified atom stereocenters. The zero-order valence-corrected chi connectivity index (χ0v) is 14.7. The Hall–Kier alpha value is -3.74. The van der Waals surface area contributed by atoms with Crippen molar-refractivity contribution in [3.8, 4) is 0 Å². The summed E-state index contributed by atoms with van der Waals surface area (Å²) in [7, 11) is 0. The molecule has 0 radical (unpaired) electrons. The minimum absolute atomic E-state index is 0.227. The summed E-state index contributed by atoms with van der Waals surface area (Å²) in [6.45, 7) is 1.78. The molecule has 3 heterocycles. The molecule has 1 aliphatic rings. The largest absolute Gasteiger partial charge is 0.422 e. The molecule has 0 fully saturated rings. The van der Waals surface area contributed by atoms with Crippen LogP contribution in [-0.4, -0.2) is 16.0 Å². The average molecular weight is 375 g/mol. The molecular formula is C21H14FN3O3. The molecule has 0 saturated heterocycles. The van der Waals surface area contributed by atoms with Crippen molar-refractivity contribution in [3.05, 3.63) is 87.2 Å². The maximum absolute atomic E-state index is 13.4. The van der Waals surface area contributed by atoms with Gasteiger partial charge in [-0.15, -0.1) is 0 Å². The van der Waals surface area contributed by atoms with Crippen LogP contribution in [0.2, 0.25) is 0 Å². The monoisotopic (exact) mass is 375 g/mol. The molecule has 2 N–H and O–H groups in total. The van der Waals surface area contributed by atoms with Crippen LogP contribution in [0.25, 0.3) is 11.0 Å². The molecule has 7 heteroatoms. The van der Waals surface area contributed by atoms with Gasteiger partial charge in [0.1, 0.15) is 11.4 Å². The zero-order chi connectivity index (χ0) is 19.4. The van der Waals surface area contributed by atoms with E-state index in [0.717, 1.165) is 0 Å². The van der Waals surface area contributed by atoms with Gasteiger partial charge in [0.25, 0.3) is 0 Å². The number of Topliss-reactive ketones (excluding diaryl/α,β-unsaturated/α-hetero) is 1. The summed E-state index contributed by atoms with van der Waals surface area (Å²) >= 11 is 0. The van der Waals surface area contributed by atoms with Crippen molar-refractivity contribution in [1.82, 2.24) is 10.2 Å². The fraction of sp³-hybridized carbons (Fsp3) is 0.0952. The summed E-state index contributed by atoms with van der Waals surface area (Å²) in [5, 5.41) is 11.0. The second-order valence-corrected chi connectivity index (χ2v) is 6.71. The van der Waals surface area contributed by atoms with Gasteiger partial charge in [-0.05, 0) is 43.3 Å². The number of benzene rings is 2. The summed E-state index contributed by atoms with van der Waals surface area (Å²) in [5.41, 5.74) is 2.12. The van der Waals surface area contributed by atoms with Crippen LogP contribution >= 0.6 is 0 Å². The van der Waals surface area contributed by atoms with Gasteiger partial charge in [0.15, 0.2) is 11.6 Å². The van der Waals surface area contributed by atoms with Crippen LogP contribution in [0.15, 0.2) is 57.7 Å². The minimum Gasteiger partial charge on any atom is -0.422 e. The summed E-state index contributed by atoms with van der Waals surface area (Å²) < 4.78 is 18.8. The van der Waals surface area contributed by atoms with Crippen molar-refractivity contribution < 1.29 is 13.6 Å². The van der Waals surface area contributed by atoms with Gasteiger partial charge in [-0.3, -0.25) is 9.89 Å². The fourth-order valence-electron chi connectivity index (χ4n) is 3.75. The van der Waals surface area contributed by atoms with Gasteiger partial charge in [-0.2, -0.15) is 5.10 Å². The van der Waals surface area contributed by atoms with Crippen molar-refractivity contribution in [1.29, 1.82) is 0 Å². The summed E-state index contributed by atoms with van der Waals surface area (Å²) in [5.74, 6) is -1.18. The summed E-state index contributed by atoms with van der Waals surface area (Å²) in [6, 6.07) is 12.4. The predicted molar refractivity (Wildman–Crippen MR) is 102 cm³/mol.